The largest absolute Gasteiger partial charge is 0.252 e. The van der Waals surface area contributed by atoms with E-state index in [0.717, 1.165) is 12.8 Å². The first kappa shape index (κ1) is 8.05. The second-order valence-corrected chi connectivity index (χ2v) is 7.01. The molecule has 0 saturated heterocycles. The summed E-state index contributed by atoms with van der Waals surface area (Å²) in [5, 5.41) is 0.201. The number of nitrogens with one attached hydrogen (secondary N) is 1. The topological polar surface area (TPSA) is 40.9 Å². The molecule has 0 aromatic carbocycles. The molecule has 0 radical (unpaired) electrons. The molecular formula is C7H15NOS. The van der Waals surface area contributed by atoms with E-state index < -0.39 is 9.73 Å². The van der Waals surface area contributed by atoms with Crippen LogP contribution in [0.4, 0.5) is 0 Å². The molecule has 2 nitrogen and oxygen atoms in total. The first-order valence-electron chi connectivity index (χ1n) is 3.63. The van der Waals surface area contributed by atoms with Crippen molar-refractivity contribution in [2.24, 2.45) is 0 Å². The third-order valence-corrected chi connectivity index (χ3v) is 5.13. The summed E-state index contributed by atoms with van der Waals surface area (Å²) < 4.78 is 18.9. The van der Waals surface area contributed by atoms with Crippen LogP contribution in [0.25, 0.3) is 0 Å². The molecule has 0 unspecified atom stereocenters. The maximum absolute atomic E-state index is 11.6. The molecule has 10 heavy (non-hydrogen) atoms. The van der Waals surface area contributed by atoms with E-state index in [2.05, 4.69) is 0 Å². The quantitative estimate of drug-likeness (QED) is 0.627. The summed E-state index contributed by atoms with van der Waals surface area (Å²) in [6.45, 7) is 5.67. The molecule has 1 fully saturated rings. The molecule has 3 heteroatoms. The van der Waals surface area contributed by atoms with E-state index in [9.17, 15) is 4.21 Å². The molecule has 1 saturated carbocycles. The lowest BCUT2D eigenvalue weighted by Crippen LogP contribution is -2.29. The van der Waals surface area contributed by atoms with Gasteiger partial charge in [0.1, 0.15) is 0 Å². The molecule has 1 rings (SSSR count). The van der Waals surface area contributed by atoms with E-state index in [1.807, 2.05) is 20.8 Å². The Morgan fingerprint density at radius 1 is 1.40 bits per heavy atom. The van der Waals surface area contributed by atoms with Gasteiger partial charge in [-0.2, -0.15) is 0 Å². The van der Waals surface area contributed by atoms with E-state index >= 15 is 0 Å². The summed E-state index contributed by atoms with van der Waals surface area (Å²) >= 11 is 0. The van der Waals surface area contributed by atoms with Crippen LogP contribution in [0.2, 0.25) is 0 Å². The summed E-state index contributed by atoms with van der Waals surface area (Å²) in [5.41, 5.74) is 0. The maximum Gasteiger partial charge on any atom is 0.0520 e. The zero-order valence-corrected chi connectivity index (χ0v) is 7.62. The predicted octanol–water partition coefficient (Wildman–Crippen LogP) is 1.99. The lowest BCUT2D eigenvalue weighted by atomic mass is 10.3. The molecule has 0 aromatic rings. The Morgan fingerprint density at radius 3 is 1.90 bits per heavy atom. The molecule has 60 valence electrons. The molecule has 1 atom stereocenters. The van der Waals surface area contributed by atoms with E-state index in [4.69, 9.17) is 4.78 Å². The van der Waals surface area contributed by atoms with Crippen molar-refractivity contribution in [1.29, 1.82) is 4.78 Å². The lowest BCUT2D eigenvalue weighted by Gasteiger charge is -2.21. The molecule has 0 amide bonds. The minimum Gasteiger partial charge on any atom is -0.252 e. The van der Waals surface area contributed by atoms with Gasteiger partial charge in [0, 0.05) is 10.00 Å². The van der Waals surface area contributed by atoms with Gasteiger partial charge in [0.15, 0.2) is 0 Å². The van der Waals surface area contributed by atoms with E-state index in [1.165, 1.54) is 0 Å². The van der Waals surface area contributed by atoms with E-state index in [-0.39, 0.29) is 10.00 Å². The first-order valence-corrected chi connectivity index (χ1v) is 5.25. The van der Waals surface area contributed by atoms with Crippen LogP contribution in [0.15, 0.2) is 0 Å². The molecule has 1 N–H and O–H groups in total. The highest BCUT2D eigenvalue weighted by molar-refractivity contribution is 7.94. The first-order chi connectivity index (χ1) is 4.36. The van der Waals surface area contributed by atoms with Crippen LogP contribution in [0, 0.1) is 4.78 Å². The van der Waals surface area contributed by atoms with Crippen LogP contribution in [-0.2, 0) is 9.73 Å². The minimum atomic E-state index is -2.30. The third kappa shape index (κ3) is 1.19. The summed E-state index contributed by atoms with van der Waals surface area (Å²) in [6, 6.07) is 0. The highest BCUT2D eigenvalue weighted by Gasteiger charge is 2.39. The predicted molar refractivity (Wildman–Crippen MR) is 43.6 cm³/mol. The Labute approximate surface area is 63.0 Å². The van der Waals surface area contributed by atoms with Gasteiger partial charge in [-0.25, -0.2) is 4.21 Å². The van der Waals surface area contributed by atoms with Gasteiger partial charge in [-0.05, 0) is 33.6 Å². The van der Waals surface area contributed by atoms with Crippen LogP contribution < -0.4 is 0 Å². The van der Waals surface area contributed by atoms with Crippen molar-refractivity contribution in [2.45, 2.75) is 43.6 Å². The molecule has 0 bridgehead atoms. The van der Waals surface area contributed by atoms with Crippen molar-refractivity contribution < 1.29 is 4.21 Å². The SMILES string of the molecule is CC(C)(C)[S@@](=N)(=O)C1CC1. The monoisotopic (exact) mass is 161 g/mol. The molecule has 0 aliphatic heterocycles. The number of hydrogen-bond acceptors (Lipinski definition) is 2. The number of hydrogen-bond donors (Lipinski definition) is 1. The zero-order valence-electron chi connectivity index (χ0n) is 6.81. The second-order valence-electron chi connectivity index (χ2n) is 3.91. The smallest absolute Gasteiger partial charge is 0.0520 e. The molecule has 0 aromatic heterocycles. The lowest BCUT2D eigenvalue weighted by molar-refractivity contribution is 0.636. The Hall–Kier alpha value is -0.0500. The highest BCUT2D eigenvalue weighted by Crippen LogP contribution is 2.36. The Morgan fingerprint density at radius 2 is 1.80 bits per heavy atom. The fourth-order valence-electron chi connectivity index (χ4n) is 0.900. The summed E-state index contributed by atoms with van der Waals surface area (Å²) in [5.74, 6) is 0. The van der Waals surface area contributed by atoms with Gasteiger partial charge >= 0.3 is 0 Å². The van der Waals surface area contributed by atoms with Crippen LogP contribution in [0.1, 0.15) is 33.6 Å². The van der Waals surface area contributed by atoms with E-state index in [0.29, 0.717) is 0 Å². The van der Waals surface area contributed by atoms with Gasteiger partial charge in [0.2, 0.25) is 0 Å². The van der Waals surface area contributed by atoms with Crippen molar-refractivity contribution in [3.8, 4) is 0 Å². The fraction of sp³-hybridized carbons (Fsp3) is 1.00. The van der Waals surface area contributed by atoms with Gasteiger partial charge < -0.3 is 0 Å². The van der Waals surface area contributed by atoms with E-state index in [1.54, 1.807) is 0 Å². The minimum absolute atomic E-state index is 0.201. The Balaban J connectivity index is 2.88. The second kappa shape index (κ2) is 1.97. The third-order valence-electron chi connectivity index (χ3n) is 1.90. The number of rotatable bonds is 1. The van der Waals surface area contributed by atoms with Gasteiger partial charge in [-0.1, -0.05) is 0 Å². The van der Waals surface area contributed by atoms with Crippen LogP contribution >= 0.6 is 0 Å². The highest BCUT2D eigenvalue weighted by atomic mass is 32.2. The molecule has 0 spiro atoms. The maximum atomic E-state index is 11.6. The fourth-order valence-corrected chi connectivity index (χ4v) is 2.70. The summed E-state index contributed by atoms with van der Waals surface area (Å²) in [7, 11) is -2.30. The van der Waals surface area contributed by atoms with Crippen molar-refractivity contribution in [1.82, 2.24) is 0 Å². The Kier molecular flexibility index (Phi) is 1.59. The van der Waals surface area contributed by atoms with Gasteiger partial charge in [0.05, 0.1) is 9.73 Å². The van der Waals surface area contributed by atoms with Crippen molar-refractivity contribution in [3.63, 3.8) is 0 Å². The molecular weight excluding hydrogens is 146 g/mol. The van der Waals surface area contributed by atoms with Gasteiger partial charge in [-0.3, -0.25) is 4.78 Å². The van der Waals surface area contributed by atoms with Crippen molar-refractivity contribution in [3.05, 3.63) is 0 Å². The standard InChI is InChI=1S/C7H15NOS/c1-7(2,3)10(8,9)6-4-5-6/h6,8H,4-5H2,1-3H3/t10-/m0/s1. The summed E-state index contributed by atoms with van der Waals surface area (Å²) in [6.07, 6.45) is 2.00. The van der Waals surface area contributed by atoms with Gasteiger partial charge in [0.25, 0.3) is 0 Å². The van der Waals surface area contributed by atoms with Crippen LogP contribution in [-0.4, -0.2) is 14.2 Å². The average molecular weight is 161 g/mol. The zero-order chi connectivity index (χ0) is 7.99. The van der Waals surface area contributed by atoms with Crippen molar-refractivity contribution >= 4 is 9.73 Å². The normalized spacial score (nSPS) is 25.9. The van der Waals surface area contributed by atoms with Crippen molar-refractivity contribution in [2.75, 3.05) is 0 Å². The van der Waals surface area contributed by atoms with Crippen LogP contribution in [0.3, 0.4) is 0 Å². The summed E-state index contributed by atoms with van der Waals surface area (Å²) in [4.78, 5) is 0. The van der Waals surface area contributed by atoms with Gasteiger partial charge in [-0.15, -0.1) is 0 Å². The van der Waals surface area contributed by atoms with Crippen LogP contribution in [0.5, 0.6) is 0 Å². The molecule has 1 aliphatic carbocycles. The molecule has 0 heterocycles. The Bertz CT molecular complexity index is 218. The molecule has 1 aliphatic rings. The average Bonchev–Trinajstić information content (AvgIpc) is 2.38.